The van der Waals surface area contributed by atoms with Crippen molar-refractivity contribution in [3.8, 4) is 0 Å². The van der Waals surface area contributed by atoms with Gasteiger partial charge in [-0.3, -0.25) is 0 Å². The van der Waals surface area contributed by atoms with Gasteiger partial charge in [0.25, 0.3) is 0 Å². The van der Waals surface area contributed by atoms with Crippen molar-refractivity contribution in [2.75, 3.05) is 6.61 Å². The Bertz CT molecular complexity index is 667. The summed E-state index contributed by atoms with van der Waals surface area (Å²) in [6.07, 6.45) is 4.79. The molecule has 0 amide bonds. The van der Waals surface area contributed by atoms with Crippen molar-refractivity contribution in [1.82, 2.24) is 4.57 Å². The monoisotopic (exact) mass is 285 g/mol. The zero-order valence-corrected chi connectivity index (χ0v) is 13.2. The molecule has 2 aromatic rings. The molecule has 1 heterocycles. The number of rotatable bonds is 5. The first-order valence-corrected chi connectivity index (χ1v) is 7.52. The fourth-order valence-corrected chi connectivity index (χ4v) is 2.43. The molecular formula is C18H23NO2. The molecule has 1 aromatic carbocycles. The number of carbonyl (C=O) groups excluding carboxylic acids is 1. The van der Waals surface area contributed by atoms with Crippen LogP contribution in [0.25, 0.3) is 16.5 Å². The predicted octanol–water partition coefficient (Wildman–Crippen LogP) is 4.58. The number of aromatic nitrogens is 1. The molecule has 0 saturated heterocycles. The molecule has 0 fully saturated rings. The molecule has 0 saturated carbocycles. The first-order chi connectivity index (χ1) is 10.1. The van der Waals surface area contributed by atoms with Crippen LogP contribution < -0.4 is 0 Å². The molecule has 0 aliphatic rings. The van der Waals surface area contributed by atoms with Crippen LogP contribution in [0, 0.1) is 0 Å². The first-order valence-electron chi connectivity index (χ1n) is 7.52. The maximum absolute atomic E-state index is 11.5. The summed E-state index contributed by atoms with van der Waals surface area (Å²) in [5, 5.41) is 1.20. The van der Waals surface area contributed by atoms with Gasteiger partial charge in [0, 0.05) is 29.2 Å². The normalized spacial score (nSPS) is 13.4. The molecule has 112 valence electrons. The number of esters is 1. The van der Waals surface area contributed by atoms with Gasteiger partial charge in [0.2, 0.25) is 0 Å². The summed E-state index contributed by atoms with van der Waals surface area (Å²) in [4.78, 5) is 11.5. The molecular weight excluding hydrogens is 262 g/mol. The maximum atomic E-state index is 11.5. The molecule has 0 N–H and O–H groups in total. The van der Waals surface area contributed by atoms with Crippen LogP contribution in [-0.4, -0.2) is 17.1 Å². The van der Waals surface area contributed by atoms with Gasteiger partial charge in [-0.2, -0.15) is 0 Å². The fraction of sp³-hybridized carbons (Fsp3) is 0.389. The molecule has 1 unspecified atom stereocenters. The summed E-state index contributed by atoms with van der Waals surface area (Å²) < 4.78 is 7.25. The quantitative estimate of drug-likeness (QED) is 0.595. The Morgan fingerprint density at radius 2 is 2.10 bits per heavy atom. The van der Waals surface area contributed by atoms with Crippen LogP contribution in [0.5, 0.6) is 0 Å². The lowest BCUT2D eigenvalue weighted by Gasteiger charge is -2.13. The lowest BCUT2D eigenvalue weighted by atomic mass is 10.1. The molecule has 0 spiro atoms. The summed E-state index contributed by atoms with van der Waals surface area (Å²) in [6, 6.07) is 8.93. The molecule has 1 aromatic heterocycles. The summed E-state index contributed by atoms with van der Waals surface area (Å²) in [7, 11) is 0. The molecule has 0 bridgehead atoms. The molecule has 2 rings (SSSR count). The smallest absolute Gasteiger partial charge is 0.331 e. The van der Waals surface area contributed by atoms with Gasteiger partial charge in [-0.25, -0.2) is 4.79 Å². The molecule has 0 radical (unpaired) electrons. The Labute approximate surface area is 126 Å². The molecule has 0 aliphatic heterocycles. The fourth-order valence-electron chi connectivity index (χ4n) is 2.43. The Morgan fingerprint density at radius 1 is 1.33 bits per heavy atom. The van der Waals surface area contributed by atoms with Gasteiger partial charge >= 0.3 is 5.97 Å². The lowest BCUT2D eigenvalue weighted by Crippen LogP contribution is -2.01. The van der Waals surface area contributed by atoms with E-state index in [1.54, 1.807) is 6.08 Å². The van der Waals surface area contributed by atoms with Crippen LogP contribution >= 0.6 is 0 Å². The topological polar surface area (TPSA) is 31.2 Å². The average Bonchev–Trinajstić information content (AvgIpc) is 2.89. The van der Waals surface area contributed by atoms with Gasteiger partial charge in [0.1, 0.15) is 0 Å². The van der Waals surface area contributed by atoms with Crippen molar-refractivity contribution in [3.63, 3.8) is 0 Å². The van der Waals surface area contributed by atoms with E-state index in [-0.39, 0.29) is 5.97 Å². The SMILES string of the molecule is CCOC(=O)/C=C(\C)c1ccc2c(ccn2C(C)CC)c1. The standard InChI is InChI=1S/C18H23NO2/c1-5-14(4)19-10-9-16-12-15(7-8-17(16)19)13(3)11-18(20)21-6-2/h7-12,14H,5-6H2,1-4H3/b13-11+. The second-order valence-electron chi connectivity index (χ2n) is 5.33. The van der Waals surface area contributed by atoms with E-state index in [1.165, 1.54) is 10.9 Å². The highest BCUT2D eigenvalue weighted by molar-refractivity contribution is 5.92. The third-order valence-corrected chi connectivity index (χ3v) is 3.86. The highest BCUT2D eigenvalue weighted by atomic mass is 16.5. The third-order valence-electron chi connectivity index (χ3n) is 3.86. The van der Waals surface area contributed by atoms with Gasteiger partial charge in [0.05, 0.1) is 6.61 Å². The van der Waals surface area contributed by atoms with Crippen LogP contribution in [0.1, 0.15) is 45.7 Å². The zero-order valence-electron chi connectivity index (χ0n) is 13.2. The highest BCUT2D eigenvalue weighted by Crippen LogP contribution is 2.25. The van der Waals surface area contributed by atoms with Crippen LogP contribution in [0.4, 0.5) is 0 Å². The van der Waals surface area contributed by atoms with E-state index in [0.717, 1.165) is 17.6 Å². The number of ether oxygens (including phenoxy) is 1. The van der Waals surface area contributed by atoms with E-state index in [0.29, 0.717) is 12.6 Å². The van der Waals surface area contributed by atoms with E-state index >= 15 is 0 Å². The number of benzene rings is 1. The predicted molar refractivity (Wildman–Crippen MR) is 87.2 cm³/mol. The third kappa shape index (κ3) is 3.35. The molecule has 1 atom stereocenters. The van der Waals surface area contributed by atoms with Crippen molar-refractivity contribution >= 4 is 22.4 Å². The van der Waals surface area contributed by atoms with E-state index < -0.39 is 0 Å². The average molecular weight is 285 g/mol. The van der Waals surface area contributed by atoms with Crippen LogP contribution in [0.15, 0.2) is 36.5 Å². The van der Waals surface area contributed by atoms with Crippen molar-refractivity contribution in [3.05, 3.63) is 42.1 Å². The van der Waals surface area contributed by atoms with Crippen LogP contribution in [-0.2, 0) is 9.53 Å². The zero-order chi connectivity index (χ0) is 15.4. The van der Waals surface area contributed by atoms with Gasteiger partial charge in [-0.1, -0.05) is 13.0 Å². The Morgan fingerprint density at radius 3 is 2.76 bits per heavy atom. The van der Waals surface area contributed by atoms with Crippen molar-refractivity contribution in [1.29, 1.82) is 0 Å². The van der Waals surface area contributed by atoms with Crippen molar-refractivity contribution < 1.29 is 9.53 Å². The summed E-state index contributed by atoms with van der Waals surface area (Å²) in [6.45, 7) is 8.56. The Kier molecular flexibility index (Phi) is 4.84. The minimum atomic E-state index is -0.285. The summed E-state index contributed by atoms with van der Waals surface area (Å²) in [5.74, 6) is -0.285. The number of hydrogen-bond donors (Lipinski definition) is 0. The second kappa shape index (κ2) is 6.61. The van der Waals surface area contributed by atoms with Gasteiger partial charge in [-0.15, -0.1) is 0 Å². The largest absolute Gasteiger partial charge is 0.463 e. The van der Waals surface area contributed by atoms with Gasteiger partial charge < -0.3 is 9.30 Å². The van der Waals surface area contributed by atoms with Gasteiger partial charge in [0.15, 0.2) is 0 Å². The van der Waals surface area contributed by atoms with Gasteiger partial charge in [-0.05, 0) is 56.5 Å². The number of hydrogen-bond acceptors (Lipinski definition) is 2. The summed E-state index contributed by atoms with van der Waals surface area (Å²) in [5.41, 5.74) is 3.21. The summed E-state index contributed by atoms with van der Waals surface area (Å²) >= 11 is 0. The van der Waals surface area contributed by atoms with E-state index in [4.69, 9.17) is 4.74 Å². The molecule has 0 aliphatic carbocycles. The molecule has 3 heteroatoms. The number of allylic oxidation sites excluding steroid dienone is 1. The van der Waals surface area contributed by atoms with E-state index in [1.807, 2.05) is 13.8 Å². The number of carbonyl (C=O) groups is 1. The Hall–Kier alpha value is -2.03. The minimum absolute atomic E-state index is 0.285. The minimum Gasteiger partial charge on any atom is -0.463 e. The lowest BCUT2D eigenvalue weighted by molar-refractivity contribution is -0.137. The highest BCUT2D eigenvalue weighted by Gasteiger charge is 2.08. The van der Waals surface area contributed by atoms with Crippen LogP contribution in [0.3, 0.4) is 0 Å². The first kappa shape index (κ1) is 15.4. The van der Waals surface area contributed by atoms with E-state index in [2.05, 4.69) is 48.9 Å². The molecule has 21 heavy (non-hydrogen) atoms. The second-order valence-corrected chi connectivity index (χ2v) is 5.33. The number of nitrogens with zero attached hydrogens (tertiary/aromatic N) is 1. The maximum Gasteiger partial charge on any atom is 0.331 e. The van der Waals surface area contributed by atoms with Crippen molar-refractivity contribution in [2.24, 2.45) is 0 Å². The molecule has 3 nitrogen and oxygen atoms in total. The van der Waals surface area contributed by atoms with Crippen molar-refractivity contribution in [2.45, 2.75) is 40.2 Å². The Balaban J connectivity index is 2.34. The van der Waals surface area contributed by atoms with E-state index in [9.17, 15) is 4.79 Å². The van der Waals surface area contributed by atoms with Crippen LogP contribution in [0.2, 0.25) is 0 Å². The number of fused-ring (bicyclic) bond motifs is 1.